The molecule has 0 aromatic carbocycles. The maximum atomic E-state index is 6.09. The van der Waals surface area contributed by atoms with Crippen LogP contribution in [-0.2, 0) is 0 Å². The van der Waals surface area contributed by atoms with Crippen LogP contribution >= 0.6 is 23.1 Å². The van der Waals surface area contributed by atoms with E-state index in [1.54, 1.807) is 17.5 Å². The van der Waals surface area contributed by atoms with E-state index in [9.17, 15) is 0 Å². The lowest BCUT2D eigenvalue weighted by Crippen LogP contribution is -2.11. The molecule has 21 heavy (non-hydrogen) atoms. The Hall–Kier alpha value is -1.93. The molecule has 1 fully saturated rings. The Kier molecular flexibility index (Phi) is 3.12. The monoisotopic (exact) mass is 316 g/mol. The van der Waals surface area contributed by atoms with E-state index in [1.165, 1.54) is 29.3 Å². The highest BCUT2D eigenvalue weighted by molar-refractivity contribution is 7.99. The first-order valence-electron chi connectivity index (χ1n) is 6.56. The standard InChI is InChI=1S/C13H12N6S2/c14-19-12(9-2-1-7-20-9)17-18-13(19)21-10-5-6-15-11(16-10)8-3-4-8/h1-2,5-8H,3-4,14H2. The summed E-state index contributed by atoms with van der Waals surface area (Å²) in [7, 11) is 0. The molecule has 0 amide bonds. The second kappa shape index (κ2) is 5.12. The summed E-state index contributed by atoms with van der Waals surface area (Å²) in [5.41, 5.74) is 0. The molecule has 6 nitrogen and oxygen atoms in total. The van der Waals surface area contributed by atoms with Gasteiger partial charge in [0.25, 0.3) is 0 Å². The van der Waals surface area contributed by atoms with E-state index >= 15 is 0 Å². The van der Waals surface area contributed by atoms with Gasteiger partial charge in [-0.15, -0.1) is 21.5 Å². The Bertz CT molecular complexity index is 763. The van der Waals surface area contributed by atoms with Crippen LogP contribution in [0.5, 0.6) is 0 Å². The van der Waals surface area contributed by atoms with Crippen LogP contribution in [0.15, 0.2) is 40.0 Å². The zero-order valence-electron chi connectivity index (χ0n) is 11.0. The summed E-state index contributed by atoms with van der Waals surface area (Å²) >= 11 is 3.00. The van der Waals surface area contributed by atoms with Gasteiger partial charge >= 0.3 is 0 Å². The van der Waals surface area contributed by atoms with Crippen LogP contribution in [0.2, 0.25) is 0 Å². The fraction of sp³-hybridized carbons (Fsp3) is 0.231. The van der Waals surface area contributed by atoms with Gasteiger partial charge in [0.2, 0.25) is 5.16 Å². The number of nitrogens with zero attached hydrogens (tertiary/aromatic N) is 5. The molecule has 0 atom stereocenters. The van der Waals surface area contributed by atoms with Crippen LogP contribution in [0.1, 0.15) is 24.6 Å². The number of hydrogen-bond acceptors (Lipinski definition) is 7. The predicted molar refractivity (Wildman–Crippen MR) is 81.6 cm³/mol. The average molecular weight is 316 g/mol. The lowest BCUT2D eigenvalue weighted by atomic mass is 10.4. The van der Waals surface area contributed by atoms with E-state index in [1.807, 2.05) is 23.6 Å². The molecule has 3 aromatic rings. The summed E-state index contributed by atoms with van der Waals surface area (Å²) in [6.07, 6.45) is 4.16. The molecule has 3 aromatic heterocycles. The van der Waals surface area contributed by atoms with Crippen LogP contribution in [0.4, 0.5) is 0 Å². The van der Waals surface area contributed by atoms with Gasteiger partial charge in [0.05, 0.1) is 4.88 Å². The number of nitrogen functional groups attached to an aromatic ring is 1. The lowest BCUT2D eigenvalue weighted by Gasteiger charge is -2.03. The minimum Gasteiger partial charge on any atom is -0.335 e. The van der Waals surface area contributed by atoms with Crippen LogP contribution in [0.25, 0.3) is 10.7 Å². The van der Waals surface area contributed by atoms with Crippen LogP contribution in [0, 0.1) is 0 Å². The van der Waals surface area contributed by atoms with Gasteiger partial charge in [0.15, 0.2) is 5.82 Å². The average Bonchev–Trinajstić information content (AvgIpc) is 3.11. The van der Waals surface area contributed by atoms with E-state index < -0.39 is 0 Å². The molecule has 0 radical (unpaired) electrons. The number of hydrogen-bond donors (Lipinski definition) is 1. The molecule has 0 saturated heterocycles. The smallest absolute Gasteiger partial charge is 0.216 e. The van der Waals surface area contributed by atoms with Gasteiger partial charge in [-0.05, 0) is 42.1 Å². The minimum absolute atomic E-state index is 0.531. The molecule has 2 N–H and O–H groups in total. The number of aromatic nitrogens is 5. The van der Waals surface area contributed by atoms with E-state index in [2.05, 4.69) is 20.2 Å². The van der Waals surface area contributed by atoms with Crippen molar-refractivity contribution in [3.8, 4) is 10.7 Å². The lowest BCUT2D eigenvalue weighted by molar-refractivity contribution is 0.838. The highest BCUT2D eigenvalue weighted by Crippen LogP contribution is 2.38. The van der Waals surface area contributed by atoms with Gasteiger partial charge in [-0.2, -0.15) is 0 Å². The number of rotatable bonds is 4. The fourth-order valence-electron chi connectivity index (χ4n) is 1.97. The highest BCUT2D eigenvalue weighted by atomic mass is 32.2. The molecule has 1 aliphatic rings. The molecule has 3 heterocycles. The third-order valence-electron chi connectivity index (χ3n) is 3.19. The Balaban J connectivity index is 1.61. The Morgan fingerprint density at radius 1 is 1.29 bits per heavy atom. The zero-order chi connectivity index (χ0) is 14.2. The van der Waals surface area contributed by atoms with Crippen molar-refractivity contribution in [2.75, 3.05) is 5.84 Å². The van der Waals surface area contributed by atoms with Crippen LogP contribution in [-0.4, -0.2) is 24.8 Å². The van der Waals surface area contributed by atoms with Crippen molar-refractivity contribution in [3.63, 3.8) is 0 Å². The topological polar surface area (TPSA) is 82.5 Å². The van der Waals surface area contributed by atoms with Crippen LogP contribution < -0.4 is 5.84 Å². The molecule has 106 valence electrons. The molecule has 0 aliphatic heterocycles. The van der Waals surface area contributed by atoms with Crippen molar-refractivity contribution in [1.82, 2.24) is 24.8 Å². The van der Waals surface area contributed by atoms with Gasteiger partial charge in [-0.1, -0.05) is 6.07 Å². The van der Waals surface area contributed by atoms with Gasteiger partial charge in [-0.3, -0.25) is 0 Å². The number of nitrogens with two attached hydrogens (primary N) is 1. The molecule has 0 unspecified atom stereocenters. The summed E-state index contributed by atoms with van der Waals surface area (Å²) in [5, 5.41) is 11.8. The molecule has 0 bridgehead atoms. The molecule has 1 aliphatic carbocycles. The normalized spacial score (nSPS) is 14.5. The fourth-order valence-corrected chi connectivity index (χ4v) is 3.39. The maximum absolute atomic E-state index is 6.09. The quantitative estimate of drug-likeness (QED) is 0.588. The van der Waals surface area contributed by atoms with E-state index in [0.717, 1.165) is 15.7 Å². The zero-order valence-corrected chi connectivity index (χ0v) is 12.6. The van der Waals surface area contributed by atoms with Crippen molar-refractivity contribution >= 4 is 23.1 Å². The van der Waals surface area contributed by atoms with Crippen molar-refractivity contribution in [2.45, 2.75) is 28.9 Å². The largest absolute Gasteiger partial charge is 0.335 e. The van der Waals surface area contributed by atoms with Crippen LogP contribution in [0.3, 0.4) is 0 Å². The second-order valence-electron chi connectivity index (χ2n) is 4.78. The number of thiophene rings is 1. The summed E-state index contributed by atoms with van der Waals surface area (Å²) in [4.78, 5) is 9.87. The Morgan fingerprint density at radius 2 is 2.19 bits per heavy atom. The summed E-state index contributed by atoms with van der Waals surface area (Å²) in [6.45, 7) is 0. The minimum atomic E-state index is 0.531. The first-order chi connectivity index (χ1) is 10.3. The van der Waals surface area contributed by atoms with Gasteiger partial charge in [0, 0.05) is 12.1 Å². The van der Waals surface area contributed by atoms with E-state index in [0.29, 0.717) is 16.9 Å². The third kappa shape index (κ3) is 2.52. The summed E-state index contributed by atoms with van der Waals surface area (Å²) in [5.74, 6) is 8.21. The SMILES string of the molecule is Nn1c(Sc2ccnc(C3CC3)n2)nnc1-c1cccs1. The first-order valence-corrected chi connectivity index (χ1v) is 8.26. The maximum Gasteiger partial charge on any atom is 0.216 e. The van der Waals surface area contributed by atoms with Crippen molar-refractivity contribution in [3.05, 3.63) is 35.6 Å². The van der Waals surface area contributed by atoms with Gasteiger partial charge in [-0.25, -0.2) is 14.6 Å². The van der Waals surface area contributed by atoms with Crippen molar-refractivity contribution in [2.24, 2.45) is 0 Å². The van der Waals surface area contributed by atoms with Crippen molar-refractivity contribution in [1.29, 1.82) is 0 Å². The molecular formula is C13H12N6S2. The Morgan fingerprint density at radius 3 is 2.95 bits per heavy atom. The Labute approximate surface area is 129 Å². The summed E-state index contributed by atoms with van der Waals surface area (Å²) in [6, 6.07) is 5.81. The third-order valence-corrected chi connectivity index (χ3v) is 4.96. The molecule has 1 saturated carbocycles. The second-order valence-corrected chi connectivity index (χ2v) is 6.72. The van der Waals surface area contributed by atoms with Gasteiger partial charge in [0.1, 0.15) is 10.9 Å². The van der Waals surface area contributed by atoms with E-state index in [4.69, 9.17) is 5.84 Å². The molecule has 0 spiro atoms. The summed E-state index contributed by atoms with van der Waals surface area (Å²) < 4.78 is 1.51. The van der Waals surface area contributed by atoms with Gasteiger partial charge < -0.3 is 5.84 Å². The predicted octanol–water partition coefficient (Wildman–Crippen LogP) is 2.54. The molecular weight excluding hydrogens is 304 g/mol. The highest BCUT2D eigenvalue weighted by Gasteiger charge is 2.26. The first kappa shape index (κ1) is 12.8. The molecule has 8 heteroatoms. The van der Waals surface area contributed by atoms with E-state index in [-0.39, 0.29) is 0 Å². The molecule has 4 rings (SSSR count). The van der Waals surface area contributed by atoms with Crippen molar-refractivity contribution < 1.29 is 0 Å².